The third-order valence-electron chi connectivity index (χ3n) is 3.71. The Morgan fingerprint density at radius 3 is 2.75 bits per heavy atom. The van der Waals surface area contributed by atoms with Crippen LogP contribution in [0.15, 0.2) is 42.7 Å². The SMILES string of the molecule is CCCc1nnsc1C(=O)N(C)Cc1ccc(-n2cccn2)cc1. The van der Waals surface area contributed by atoms with Gasteiger partial charge in [-0.05, 0) is 41.7 Å². The Hall–Kier alpha value is -2.54. The molecule has 0 fully saturated rings. The van der Waals surface area contributed by atoms with Crippen molar-refractivity contribution in [3.63, 3.8) is 0 Å². The molecule has 124 valence electrons. The molecule has 0 saturated carbocycles. The first kappa shape index (κ1) is 16.3. The molecule has 7 heteroatoms. The quantitative estimate of drug-likeness (QED) is 0.691. The molecule has 3 aromatic rings. The van der Waals surface area contributed by atoms with Gasteiger partial charge in [0.2, 0.25) is 0 Å². The molecular formula is C17H19N5OS. The number of hydrogen-bond acceptors (Lipinski definition) is 5. The molecular weight excluding hydrogens is 322 g/mol. The monoisotopic (exact) mass is 341 g/mol. The van der Waals surface area contributed by atoms with Gasteiger partial charge < -0.3 is 4.90 Å². The van der Waals surface area contributed by atoms with Gasteiger partial charge in [0.05, 0.1) is 11.4 Å². The van der Waals surface area contributed by atoms with E-state index in [0.717, 1.165) is 29.8 Å². The van der Waals surface area contributed by atoms with Gasteiger partial charge in [-0.3, -0.25) is 4.79 Å². The summed E-state index contributed by atoms with van der Waals surface area (Å²) in [6.07, 6.45) is 5.38. The summed E-state index contributed by atoms with van der Waals surface area (Å²) in [5.74, 6) is -0.0235. The Bertz CT molecular complexity index is 795. The maximum atomic E-state index is 12.6. The van der Waals surface area contributed by atoms with E-state index in [1.165, 1.54) is 11.5 Å². The second-order valence-electron chi connectivity index (χ2n) is 5.58. The summed E-state index contributed by atoms with van der Waals surface area (Å²) in [7, 11) is 1.80. The van der Waals surface area contributed by atoms with E-state index in [0.29, 0.717) is 11.4 Å². The standard InChI is InChI=1S/C17H19N5OS/c1-3-5-15-16(24-20-19-15)17(23)21(2)12-13-6-8-14(9-7-13)22-11-4-10-18-22/h4,6-11H,3,5,12H2,1-2H3. The van der Waals surface area contributed by atoms with Crippen LogP contribution in [0.3, 0.4) is 0 Å². The molecule has 1 amide bonds. The van der Waals surface area contributed by atoms with Gasteiger partial charge in [0.15, 0.2) is 0 Å². The van der Waals surface area contributed by atoms with E-state index in [9.17, 15) is 4.79 Å². The average Bonchev–Trinajstić information content (AvgIpc) is 3.27. The minimum Gasteiger partial charge on any atom is -0.337 e. The fourth-order valence-corrected chi connectivity index (χ4v) is 3.17. The molecule has 0 N–H and O–H groups in total. The third-order valence-corrected chi connectivity index (χ3v) is 4.46. The predicted octanol–water partition coefficient (Wildman–Crippen LogP) is 2.95. The summed E-state index contributed by atoms with van der Waals surface area (Å²) < 4.78 is 5.73. The van der Waals surface area contributed by atoms with Gasteiger partial charge in [-0.2, -0.15) is 5.10 Å². The number of aryl methyl sites for hydroxylation is 1. The lowest BCUT2D eigenvalue weighted by Gasteiger charge is -2.17. The minimum atomic E-state index is -0.0235. The molecule has 24 heavy (non-hydrogen) atoms. The Kier molecular flexibility index (Phi) is 5.00. The lowest BCUT2D eigenvalue weighted by molar-refractivity contribution is 0.0788. The van der Waals surface area contributed by atoms with Crippen LogP contribution in [0.25, 0.3) is 5.69 Å². The molecule has 0 saturated heterocycles. The first-order chi connectivity index (χ1) is 11.7. The van der Waals surface area contributed by atoms with E-state index in [1.807, 2.05) is 36.5 Å². The van der Waals surface area contributed by atoms with E-state index < -0.39 is 0 Å². The lowest BCUT2D eigenvalue weighted by Crippen LogP contribution is -2.26. The van der Waals surface area contributed by atoms with Crippen LogP contribution in [0.5, 0.6) is 0 Å². The van der Waals surface area contributed by atoms with Crippen molar-refractivity contribution in [3.8, 4) is 5.69 Å². The number of nitrogens with zero attached hydrogens (tertiary/aromatic N) is 5. The molecule has 2 aromatic heterocycles. The smallest absolute Gasteiger partial charge is 0.267 e. The fraction of sp³-hybridized carbons (Fsp3) is 0.294. The van der Waals surface area contributed by atoms with Crippen molar-refractivity contribution < 1.29 is 4.79 Å². The zero-order valence-corrected chi connectivity index (χ0v) is 14.5. The minimum absolute atomic E-state index is 0.0235. The number of amides is 1. The topological polar surface area (TPSA) is 63.9 Å². The van der Waals surface area contributed by atoms with E-state index >= 15 is 0 Å². The molecule has 6 nitrogen and oxygen atoms in total. The van der Waals surface area contributed by atoms with Crippen molar-refractivity contribution in [1.82, 2.24) is 24.3 Å². The summed E-state index contributed by atoms with van der Waals surface area (Å²) >= 11 is 1.17. The van der Waals surface area contributed by atoms with Gasteiger partial charge in [0, 0.05) is 26.0 Å². The zero-order chi connectivity index (χ0) is 16.9. The lowest BCUT2D eigenvalue weighted by atomic mass is 10.2. The highest BCUT2D eigenvalue weighted by Gasteiger charge is 2.19. The van der Waals surface area contributed by atoms with Crippen LogP contribution in [0.2, 0.25) is 0 Å². The molecule has 0 aliphatic heterocycles. The summed E-state index contributed by atoms with van der Waals surface area (Å²) in [5, 5.41) is 8.27. The summed E-state index contributed by atoms with van der Waals surface area (Å²) in [4.78, 5) is 15.0. The number of aromatic nitrogens is 4. The van der Waals surface area contributed by atoms with Gasteiger partial charge in [-0.25, -0.2) is 4.68 Å². The zero-order valence-electron chi connectivity index (χ0n) is 13.7. The van der Waals surface area contributed by atoms with Crippen LogP contribution in [-0.4, -0.2) is 37.2 Å². The van der Waals surface area contributed by atoms with Gasteiger partial charge in [-0.1, -0.05) is 30.0 Å². The molecule has 2 heterocycles. The molecule has 0 aliphatic rings. The molecule has 0 aliphatic carbocycles. The molecule has 1 aromatic carbocycles. The van der Waals surface area contributed by atoms with E-state index in [-0.39, 0.29) is 5.91 Å². The van der Waals surface area contributed by atoms with Crippen molar-refractivity contribution in [2.24, 2.45) is 0 Å². The predicted molar refractivity (Wildman–Crippen MR) is 93.3 cm³/mol. The normalized spacial score (nSPS) is 10.8. The van der Waals surface area contributed by atoms with Crippen molar-refractivity contribution in [2.45, 2.75) is 26.3 Å². The number of hydrogen-bond donors (Lipinski definition) is 0. The average molecular weight is 341 g/mol. The van der Waals surface area contributed by atoms with E-state index in [4.69, 9.17) is 0 Å². The van der Waals surface area contributed by atoms with Gasteiger partial charge >= 0.3 is 0 Å². The number of carbonyl (C=O) groups excluding carboxylic acids is 1. The van der Waals surface area contributed by atoms with Crippen LogP contribution < -0.4 is 0 Å². The highest BCUT2D eigenvalue weighted by atomic mass is 32.1. The Labute approximate surface area is 144 Å². The van der Waals surface area contributed by atoms with Crippen LogP contribution in [0.1, 0.15) is 34.3 Å². The molecule has 0 spiro atoms. The largest absolute Gasteiger partial charge is 0.337 e. The second kappa shape index (κ2) is 7.35. The summed E-state index contributed by atoms with van der Waals surface area (Å²) in [6.45, 7) is 2.61. The Balaban J connectivity index is 1.69. The first-order valence-electron chi connectivity index (χ1n) is 7.84. The van der Waals surface area contributed by atoms with Crippen LogP contribution in [0, 0.1) is 0 Å². The molecule has 0 bridgehead atoms. The molecule has 0 atom stereocenters. The molecule has 0 radical (unpaired) electrons. The first-order valence-corrected chi connectivity index (χ1v) is 8.62. The van der Waals surface area contributed by atoms with Gasteiger partial charge in [0.1, 0.15) is 4.88 Å². The van der Waals surface area contributed by atoms with Crippen molar-refractivity contribution in [3.05, 3.63) is 58.9 Å². The highest BCUT2D eigenvalue weighted by Crippen LogP contribution is 2.17. The van der Waals surface area contributed by atoms with Crippen LogP contribution in [0.4, 0.5) is 0 Å². The van der Waals surface area contributed by atoms with Crippen LogP contribution in [-0.2, 0) is 13.0 Å². The van der Waals surface area contributed by atoms with Crippen molar-refractivity contribution in [2.75, 3.05) is 7.05 Å². The van der Waals surface area contributed by atoms with E-state index in [1.54, 1.807) is 22.8 Å². The summed E-state index contributed by atoms with van der Waals surface area (Å²) in [5.41, 5.74) is 2.86. The highest BCUT2D eigenvalue weighted by molar-refractivity contribution is 7.07. The van der Waals surface area contributed by atoms with Crippen LogP contribution >= 0.6 is 11.5 Å². The number of carbonyl (C=O) groups is 1. The maximum absolute atomic E-state index is 12.6. The summed E-state index contributed by atoms with van der Waals surface area (Å²) in [6, 6.07) is 9.91. The van der Waals surface area contributed by atoms with E-state index in [2.05, 4.69) is 21.6 Å². The molecule has 0 unspecified atom stereocenters. The third kappa shape index (κ3) is 3.51. The van der Waals surface area contributed by atoms with Gasteiger partial charge in [0.25, 0.3) is 5.91 Å². The molecule has 3 rings (SSSR count). The maximum Gasteiger partial charge on any atom is 0.267 e. The van der Waals surface area contributed by atoms with Crippen molar-refractivity contribution >= 4 is 17.4 Å². The number of rotatable bonds is 6. The second-order valence-corrected chi connectivity index (χ2v) is 6.33. The fourth-order valence-electron chi connectivity index (χ4n) is 2.47. The van der Waals surface area contributed by atoms with Gasteiger partial charge in [-0.15, -0.1) is 5.10 Å². The Morgan fingerprint density at radius 1 is 1.29 bits per heavy atom. The van der Waals surface area contributed by atoms with Crippen molar-refractivity contribution in [1.29, 1.82) is 0 Å². The Morgan fingerprint density at radius 2 is 2.08 bits per heavy atom. The number of benzene rings is 1.